The fourth-order valence-electron chi connectivity index (χ4n) is 1.60. The first-order chi connectivity index (χ1) is 9.01. The Labute approximate surface area is 119 Å². The van der Waals surface area contributed by atoms with Gasteiger partial charge in [-0.2, -0.15) is 0 Å². The van der Waals surface area contributed by atoms with Gasteiger partial charge < -0.3 is 11.1 Å². The van der Waals surface area contributed by atoms with Gasteiger partial charge in [0.1, 0.15) is 0 Å². The zero-order chi connectivity index (χ0) is 14.3. The molecule has 1 rings (SSSR count). The van der Waals surface area contributed by atoms with E-state index in [1.165, 1.54) is 4.88 Å². The minimum Gasteiger partial charge on any atom is -0.353 e. The summed E-state index contributed by atoms with van der Waals surface area (Å²) in [5.74, 6) is 5.90. The molecule has 4 nitrogen and oxygen atoms in total. The second kappa shape index (κ2) is 7.95. The third-order valence-corrected chi connectivity index (χ3v) is 3.25. The van der Waals surface area contributed by atoms with Crippen molar-refractivity contribution in [3.63, 3.8) is 0 Å². The Morgan fingerprint density at radius 2 is 2.26 bits per heavy atom. The average Bonchev–Trinajstić information content (AvgIpc) is 2.72. The molecular weight excluding hydrogens is 258 g/mol. The Kier molecular flexibility index (Phi) is 6.57. The summed E-state index contributed by atoms with van der Waals surface area (Å²) >= 11 is 1.64. The quantitative estimate of drug-likeness (QED) is 0.791. The number of nitrogens with one attached hydrogen (secondary N) is 1. The third kappa shape index (κ3) is 6.39. The third-order valence-electron chi connectivity index (χ3n) is 2.26. The van der Waals surface area contributed by atoms with Crippen LogP contribution in [0, 0.1) is 11.8 Å². The van der Waals surface area contributed by atoms with Crippen LogP contribution in [0.25, 0.3) is 0 Å². The number of likely N-dealkylation sites (N-methyl/N-ethyl adjacent to an activating group) is 1. The van der Waals surface area contributed by atoms with Crippen molar-refractivity contribution in [2.75, 3.05) is 20.1 Å². The van der Waals surface area contributed by atoms with Crippen molar-refractivity contribution in [3.8, 4) is 11.8 Å². The highest BCUT2D eigenvalue weighted by molar-refractivity contribution is 7.12. The molecule has 0 saturated heterocycles. The zero-order valence-electron chi connectivity index (χ0n) is 11.7. The number of thiophene rings is 1. The fraction of sp³-hybridized carbons (Fsp3) is 0.500. The van der Waals surface area contributed by atoms with Crippen molar-refractivity contribution in [1.29, 1.82) is 0 Å². The van der Waals surface area contributed by atoms with Gasteiger partial charge in [-0.15, -0.1) is 11.3 Å². The van der Waals surface area contributed by atoms with E-state index >= 15 is 0 Å². The van der Waals surface area contributed by atoms with Crippen molar-refractivity contribution in [3.05, 3.63) is 21.9 Å². The summed E-state index contributed by atoms with van der Waals surface area (Å²) in [6.45, 7) is 5.45. The van der Waals surface area contributed by atoms with Crippen molar-refractivity contribution in [1.82, 2.24) is 10.2 Å². The lowest BCUT2D eigenvalue weighted by Crippen LogP contribution is -2.38. The second-order valence-corrected chi connectivity index (χ2v) is 5.83. The lowest BCUT2D eigenvalue weighted by atomic mass is 10.3. The molecule has 3 N–H and O–H groups in total. The van der Waals surface area contributed by atoms with E-state index in [4.69, 9.17) is 5.73 Å². The average molecular weight is 279 g/mol. The Hall–Kier alpha value is -1.35. The molecule has 0 fully saturated rings. The van der Waals surface area contributed by atoms with Gasteiger partial charge in [-0.25, -0.2) is 0 Å². The number of nitrogens with zero attached hydrogens (tertiary/aromatic N) is 1. The van der Waals surface area contributed by atoms with E-state index in [-0.39, 0.29) is 11.9 Å². The summed E-state index contributed by atoms with van der Waals surface area (Å²) in [6.07, 6.45) is 0. The number of rotatable bonds is 5. The van der Waals surface area contributed by atoms with Gasteiger partial charge in [0, 0.05) is 17.5 Å². The first-order valence-electron chi connectivity index (χ1n) is 6.27. The SMILES string of the molecule is CC(C)NC(=O)CN(C)Cc1ccc(C#CCN)s1. The van der Waals surface area contributed by atoms with Crippen LogP contribution in [0.2, 0.25) is 0 Å². The van der Waals surface area contributed by atoms with Crippen LogP contribution >= 0.6 is 11.3 Å². The van der Waals surface area contributed by atoms with Crippen molar-refractivity contribution in [2.24, 2.45) is 5.73 Å². The largest absolute Gasteiger partial charge is 0.353 e. The molecule has 0 aliphatic rings. The second-order valence-electron chi connectivity index (χ2n) is 4.67. The summed E-state index contributed by atoms with van der Waals surface area (Å²) < 4.78 is 0. The van der Waals surface area contributed by atoms with E-state index in [2.05, 4.69) is 17.2 Å². The van der Waals surface area contributed by atoms with Crippen LogP contribution in [-0.4, -0.2) is 37.0 Å². The van der Waals surface area contributed by atoms with Crippen molar-refractivity contribution < 1.29 is 4.79 Å². The molecule has 5 heteroatoms. The Balaban J connectivity index is 2.46. The number of hydrogen-bond acceptors (Lipinski definition) is 4. The topological polar surface area (TPSA) is 58.4 Å². The van der Waals surface area contributed by atoms with Crippen LogP contribution in [0.1, 0.15) is 23.6 Å². The number of carbonyl (C=O) groups excluding carboxylic acids is 1. The van der Waals surface area contributed by atoms with Crippen LogP contribution in [0.3, 0.4) is 0 Å². The molecule has 0 saturated carbocycles. The monoisotopic (exact) mass is 279 g/mol. The van der Waals surface area contributed by atoms with Crippen molar-refractivity contribution in [2.45, 2.75) is 26.4 Å². The van der Waals surface area contributed by atoms with E-state index in [0.717, 1.165) is 11.4 Å². The molecular formula is C14H21N3OS. The van der Waals surface area contributed by atoms with Gasteiger partial charge in [0.05, 0.1) is 18.0 Å². The molecule has 1 heterocycles. The highest BCUT2D eigenvalue weighted by Gasteiger charge is 2.09. The molecule has 1 aromatic heterocycles. The van der Waals surface area contributed by atoms with Gasteiger partial charge in [0.15, 0.2) is 0 Å². The molecule has 1 amide bonds. The standard InChI is InChI=1S/C14H21N3OS/c1-11(2)16-14(18)10-17(3)9-13-7-6-12(19-13)5-4-8-15/h6-7,11H,8-10,15H2,1-3H3,(H,16,18). The molecule has 0 unspecified atom stereocenters. The molecule has 19 heavy (non-hydrogen) atoms. The van der Waals surface area contributed by atoms with E-state index in [9.17, 15) is 4.79 Å². The van der Waals surface area contributed by atoms with Gasteiger partial charge in [-0.05, 0) is 33.0 Å². The molecule has 104 valence electrons. The minimum absolute atomic E-state index is 0.0530. The number of carbonyl (C=O) groups is 1. The van der Waals surface area contributed by atoms with Crippen LogP contribution in [-0.2, 0) is 11.3 Å². The molecule has 0 aliphatic carbocycles. The molecule has 0 aromatic carbocycles. The Morgan fingerprint density at radius 3 is 2.89 bits per heavy atom. The van der Waals surface area contributed by atoms with E-state index in [1.807, 2.05) is 37.9 Å². The smallest absolute Gasteiger partial charge is 0.234 e. The van der Waals surface area contributed by atoms with Crippen LogP contribution in [0.5, 0.6) is 0 Å². The predicted octanol–water partition coefficient (Wildman–Crippen LogP) is 1.01. The number of nitrogens with two attached hydrogens (primary N) is 1. The summed E-state index contributed by atoms with van der Waals surface area (Å²) in [4.78, 5) is 15.8. The molecule has 0 aliphatic heterocycles. The van der Waals surface area contributed by atoms with E-state index in [0.29, 0.717) is 13.1 Å². The van der Waals surface area contributed by atoms with E-state index < -0.39 is 0 Å². The Morgan fingerprint density at radius 1 is 1.53 bits per heavy atom. The molecule has 1 aromatic rings. The maximum Gasteiger partial charge on any atom is 0.234 e. The number of amides is 1. The molecule has 0 atom stereocenters. The van der Waals surface area contributed by atoms with Crippen molar-refractivity contribution >= 4 is 17.2 Å². The molecule has 0 bridgehead atoms. The maximum absolute atomic E-state index is 11.6. The van der Waals surface area contributed by atoms with Crippen LogP contribution in [0.15, 0.2) is 12.1 Å². The first kappa shape index (κ1) is 15.7. The summed E-state index contributed by atoms with van der Waals surface area (Å²) in [5.41, 5.74) is 5.34. The minimum atomic E-state index is 0.0530. The lowest BCUT2D eigenvalue weighted by Gasteiger charge is -2.16. The van der Waals surface area contributed by atoms with E-state index in [1.54, 1.807) is 11.3 Å². The summed E-state index contributed by atoms with van der Waals surface area (Å²) in [5, 5.41) is 2.88. The van der Waals surface area contributed by atoms with Gasteiger partial charge in [0.25, 0.3) is 0 Å². The Bertz CT molecular complexity index is 471. The summed E-state index contributed by atoms with van der Waals surface area (Å²) in [7, 11) is 1.94. The van der Waals surface area contributed by atoms with Gasteiger partial charge >= 0.3 is 0 Å². The zero-order valence-corrected chi connectivity index (χ0v) is 12.5. The van der Waals surface area contributed by atoms with Gasteiger partial charge in [0.2, 0.25) is 5.91 Å². The highest BCUT2D eigenvalue weighted by atomic mass is 32.1. The van der Waals surface area contributed by atoms with Crippen LogP contribution < -0.4 is 11.1 Å². The lowest BCUT2D eigenvalue weighted by molar-refractivity contribution is -0.122. The van der Waals surface area contributed by atoms with Crippen LogP contribution in [0.4, 0.5) is 0 Å². The molecule has 0 spiro atoms. The number of hydrogen-bond donors (Lipinski definition) is 2. The van der Waals surface area contributed by atoms with Gasteiger partial charge in [-0.1, -0.05) is 11.8 Å². The molecule has 0 radical (unpaired) electrons. The maximum atomic E-state index is 11.6. The predicted molar refractivity (Wildman–Crippen MR) is 79.9 cm³/mol. The fourth-order valence-corrected chi connectivity index (χ4v) is 2.57. The highest BCUT2D eigenvalue weighted by Crippen LogP contribution is 2.16. The summed E-state index contributed by atoms with van der Waals surface area (Å²) in [6, 6.07) is 4.22. The normalized spacial score (nSPS) is 10.4. The van der Waals surface area contributed by atoms with Gasteiger partial charge in [-0.3, -0.25) is 9.69 Å². The first-order valence-corrected chi connectivity index (χ1v) is 7.08.